The van der Waals surface area contributed by atoms with Gasteiger partial charge in [0.1, 0.15) is 0 Å². The van der Waals surface area contributed by atoms with Gasteiger partial charge in [0.2, 0.25) is 0 Å². The summed E-state index contributed by atoms with van der Waals surface area (Å²) in [5, 5.41) is 12.0. The molecule has 0 aromatic rings. The van der Waals surface area contributed by atoms with E-state index >= 15 is 0 Å². The third-order valence-electron chi connectivity index (χ3n) is 2.71. The van der Waals surface area contributed by atoms with Gasteiger partial charge in [-0.3, -0.25) is 4.90 Å². The maximum Gasteiger partial charge on any atom is 0.0698 e. The summed E-state index contributed by atoms with van der Waals surface area (Å²) in [6, 6.07) is 0.555. The van der Waals surface area contributed by atoms with Crippen molar-refractivity contribution in [3.63, 3.8) is 0 Å². The van der Waals surface area contributed by atoms with Crippen molar-refractivity contribution >= 4 is 0 Å². The van der Waals surface area contributed by atoms with Crippen LogP contribution in [0, 0.1) is 0 Å². The van der Waals surface area contributed by atoms with Gasteiger partial charge in [-0.05, 0) is 46.3 Å². The van der Waals surface area contributed by atoms with E-state index in [2.05, 4.69) is 31.0 Å². The first-order chi connectivity index (χ1) is 8.22. The molecule has 0 aliphatic rings. The highest BCUT2D eigenvalue weighted by Gasteiger charge is 2.08. The molecule has 0 radical (unpaired) electrons. The van der Waals surface area contributed by atoms with Crippen LogP contribution in [0.3, 0.4) is 0 Å². The maximum absolute atomic E-state index is 8.62. The van der Waals surface area contributed by atoms with Crippen LogP contribution in [-0.2, 0) is 4.74 Å². The van der Waals surface area contributed by atoms with Crippen LogP contribution in [0.1, 0.15) is 33.6 Å². The fourth-order valence-corrected chi connectivity index (χ4v) is 1.69. The largest absolute Gasteiger partial charge is 0.394 e. The molecule has 0 saturated heterocycles. The minimum absolute atomic E-state index is 0.114. The predicted octanol–water partition coefficient (Wildman–Crippen LogP) is 1.10. The van der Waals surface area contributed by atoms with Crippen LogP contribution in [0.5, 0.6) is 0 Å². The Labute approximate surface area is 106 Å². The van der Waals surface area contributed by atoms with Gasteiger partial charge in [-0.15, -0.1) is 0 Å². The lowest BCUT2D eigenvalue weighted by Crippen LogP contribution is -2.36. The Morgan fingerprint density at radius 1 is 1.18 bits per heavy atom. The van der Waals surface area contributed by atoms with Gasteiger partial charge in [0.25, 0.3) is 0 Å². The van der Waals surface area contributed by atoms with E-state index in [0.717, 1.165) is 26.2 Å². The van der Waals surface area contributed by atoms with E-state index in [9.17, 15) is 0 Å². The van der Waals surface area contributed by atoms with E-state index < -0.39 is 0 Å². The monoisotopic (exact) mass is 246 g/mol. The number of hydrogen-bond donors (Lipinski definition) is 2. The zero-order valence-electron chi connectivity index (χ0n) is 11.7. The summed E-state index contributed by atoms with van der Waals surface area (Å²) >= 11 is 0. The molecule has 0 aliphatic carbocycles. The molecule has 0 spiro atoms. The van der Waals surface area contributed by atoms with E-state index in [4.69, 9.17) is 9.84 Å². The minimum atomic E-state index is 0.114. The fourth-order valence-electron chi connectivity index (χ4n) is 1.69. The molecule has 2 N–H and O–H groups in total. The average molecular weight is 246 g/mol. The first-order valence-electron chi connectivity index (χ1n) is 6.85. The Hall–Kier alpha value is -0.160. The molecule has 0 amide bonds. The van der Waals surface area contributed by atoms with Crippen LogP contribution in [0.2, 0.25) is 0 Å². The van der Waals surface area contributed by atoms with Gasteiger partial charge in [-0.1, -0.05) is 6.92 Å². The number of aliphatic hydroxyl groups is 1. The lowest BCUT2D eigenvalue weighted by molar-refractivity contribution is 0.0665. The highest BCUT2D eigenvalue weighted by atomic mass is 16.5. The topological polar surface area (TPSA) is 44.7 Å². The van der Waals surface area contributed by atoms with Gasteiger partial charge in [-0.2, -0.15) is 0 Å². The van der Waals surface area contributed by atoms with Crippen LogP contribution in [0.25, 0.3) is 0 Å². The summed E-state index contributed by atoms with van der Waals surface area (Å²) < 4.78 is 5.30. The smallest absolute Gasteiger partial charge is 0.0698 e. The highest BCUT2D eigenvalue weighted by Crippen LogP contribution is 1.99. The van der Waals surface area contributed by atoms with Crippen molar-refractivity contribution in [3.8, 4) is 0 Å². The molecule has 0 bridgehead atoms. The van der Waals surface area contributed by atoms with E-state index in [0.29, 0.717) is 19.3 Å². The molecule has 0 saturated carbocycles. The lowest BCUT2D eigenvalue weighted by atomic mass is 10.3. The van der Waals surface area contributed by atoms with Gasteiger partial charge in [-0.25, -0.2) is 0 Å². The first-order valence-corrected chi connectivity index (χ1v) is 6.85. The normalized spacial score (nSPS) is 11.6. The summed E-state index contributed by atoms with van der Waals surface area (Å²) in [4.78, 5) is 2.42. The van der Waals surface area contributed by atoms with Gasteiger partial charge in [0.15, 0.2) is 0 Å². The number of hydrogen-bond acceptors (Lipinski definition) is 4. The van der Waals surface area contributed by atoms with Crippen molar-refractivity contribution in [2.45, 2.75) is 39.7 Å². The predicted molar refractivity (Wildman–Crippen MR) is 72.4 cm³/mol. The summed E-state index contributed by atoms with van der Waals surface area (Å²) in [5.41, 5.74) is 0. The molecular formula is C13H30N2O2. The number of aliphatic hydroxyl groups excluding tert-OH is 1. The van der Waals surface area contributed by atoms with E-state index in [1.54, 1.807) is 0 Å². The van der Waals surface area contributed by atoms with Crippen molar-refractivity contribution in [2.75, 3.05) is 46.0 Å². The SMILES string of the molecule is CCCNCCCN(CCOCCO)C(C)C. The van der Waals surface area contributed by atoms with Gasteiger partial charge >= 0.3 is 0 Å². The quantitative estimate of drug-likeness (QED) is 0.506. The number of ether oxygens (including phenoxy) is 1. The van der Waals surface area contributed by atoms with Crippen molar-refractivity contribution in [1.82, 2.24) is 10.2 Å². The molecule has 0 aromatic heterocycles. The Balaban J connectivity index is 3.53. The van der Waals surface area contributed by atoms with Crippen molar-refractivity contribution < 1.29 is 9.84 Å². The second kappa shape index (κ2) is 12.3. The van der Waals surface area contributed by atoms with Crippen molar-refractivity contribution in [3.05, 3.63) is 0 Å². The average Bonchev–Trinajstić information content (AvgIpc) is 2.31. The Bertz CT molecular complexity index is 154. The zero-order chi connectivity index (χ0) is 12.9. The number of rotatable bonds is 12. The maximum atomic E-state index is 8.62. The number of nitrogens with zero attached hydrogens (tertiary/aromatic N) is 1. The first kappa shape index (κ1) is 16.8. The number of nitrogens with one attached hydrogen (secondary N) is 1. The van der Waals surface area contributed by atoms with Crippen LogP contribution in [0.15, 0.2) is 0 Å². The second-order valence-electron chi connectivity index (χ2n) is 4.57. The zero-order valence-corrected chi connectivity index (χ0v) is 11.7. The molecule has 0 unspecified atom stereocenters. The molecule has 0 fully saturated rings. The molecular weight excluding hydrogens is 216 g/mol. The fraction of sp³-hybridized carbons (Fsp3) is 1.00. The highest BCUT2D eigenvalue weighted by molar-refractivity contribution is 4.63. The Morgan fingerprint density at radius 2 is 1.94 bits per heavy atom. The molecule has 4 nitrogen and oxygen atoms in total. The molecule has 4 heteroatoms. The molecule has 0 heterocycles. The third kappa shape index (κ3) is 10.7. The van der Waals surface area contributed by atoms with Crippen molar-refractivity contribution in [2.24, 2.45) is 0 Å². The molecule has 0 atom stereocenters. The van der Waals surface area contributed by atoms with Crippen LogP contribution in [-0.4, -0.2) is 62.0 Å². The molecule has 0 rings (SSSR count). The van der Waals surface area contributed by atoms with Gasteiger partial charge in [0.05, 0.1) is 19.8 Å². The molecule has 104 valence electrons. The summed E-state index contributed by atoms with van der Waals surface area (Å²) in [5.74, 6) is 0. The van der Waals surface area contributed by atoms with E-state index in [-0.39, 0.29) is 6.61 Å². The summed E-state index contributed by atoms with van der Waals surface area (Å²) in [6.45, 7) is 12.1. The molecule has 17 heavy (non-hydrogen) atoms. The molecule has 0 aromatic carbocycles. The van der Waals surface area contributed by atoms with Gasteiger partial charge in [0, 0.05) is 12.6 Å². The Morgan fingerprint density at radius 3 is 2.53 bits per heavy atom. The van der Waals surface area contributed by atoms with Crippen LogP contribution >= 0.6 is 0 Å². The Kier molecular flexibility index (Phi) is 12.2. The summed E-state index contributed by atoms with van der Waals surface area (Å²) in [7, 11) is 0. The van der Waals surface area contributed by atoms with E-state index in [1.165, 1.54) is 12.8 Å². The van der Waals surface area contributed by atoms with Crippen LogP contribution in [0.4, 0.5) is 0 Å². The van der Waals surface area contributed by atoms with Gasteiger partial charge < -0.3 is 15.2 Å². The minimum Gasteiger partial charge on any atom is -0.394 e. The second-order valence-corrected chi connectivity index (χ2v) is 4.57. The standard InChI is InChI=1S/C13H30N2O2/c1-4-6-14-7-5-8-15(13(2)3)9-11-17-12-10-16/h13-14,16H,4-12H2,1-3H3. The van der Waals surface area contributed by atoms with Crippen molar-refractivity contribution in [1.29, 1.82) is 0 Å². The van der Waals surface area contributed by atoms with Crippen LogP contribution < -0.4 is 5.32 Å². The van der Waals surface area contributed by atoms with E-state index in [1.807, 2.05) is 0 Å². The summed E-state index contributed by atoms with van der Waals surface area (Å²) in [6.07, 6.45) is 2.38. The lowest BCUT2D eigenvalue weighted by Gasteiger charge is -2.26. The molecule has 0 aliphatic heterocycles. The third-order valence-corrected chi connectivity index (χ3v) is 2.71.